The first-order valence-electron chi connectivity index (χ1n) is 5.59. The fourth-order valence-corrected chi connectivity index (χ4v) is 2.42. The molecule has 0 radical (unpaired) electrons. The van der Waals surface area contributed by atoms with Gasteiger partial charge < -0.3 is 4.74 Å². The molecule has 0 unspecified atom stereocenters. The van der Waals surface area contributed by atoms with E-state index in [1.54, 1.807) is 0 Å². The Balaban J connectivity index is 3.48. The molecule has 0 bridgehead atoms. The zero-order valence-electron chi connectivity index (χ0n) is 10.5. The average molecular weight is 426 g/mol. The molecule has 1 rings (SSSR count). The highest BCUT2D eigenvalue weighted by Crippen LogP contribution is 2.43. The van der Waals surface area contributed by atoms with Gasteiger partial charge in [-0.1, -0.05) is 0 Å². The Morgan fingerprint density at radius 3 is 2.14 bits per heavy atom. The van der Waals surface area contributed by atoms with Crippen LogP contribution >= 0.6 is 22.6 Å². The van der Waals surface area contributed by atoms with Crippen molar-refractivity contribution in [3.05, 3.63) is 32.4 Å². The van der Waals surface area contributed by atoms with Gasteiger partial charge in [-0.15, -0.1) is 0 Å². The molecule has 0 aliphatic rings. The summed E-state index contributed by atoms with van der Waals surface area (Å²) in [7, 11) is 0. The molecule has 1 aromatic carbocycles. The number of hydrogen-bond acceptors (Lipinski definition) is 2. The maximum Gasteiger partial charge on any atom is 0.417 e. The van der Waals surface area contributed by atoms with Crippen molar-refractivity contribution in [2.45, 2.75) is 25.7 Å². The van der Waals surface area contributed by atoms with E-state index in [2.05, 4.69) is 4.74 Å². The number of halogens is 7. The largest absolute Gasteiger partial charge is 0.466 e. The minimum Gasteiger partial charge on any atom is -0.466 e. The van der Waals surface area contributed by atoms with Crippen molar-refractivity contribution in [2.75, 3.05) is 6.61 Å². The van der Waals surface area contributed by atoms with Crippen molar-refractivity contribution in [2.24, 2.45) is 0 Å². The lowest BCUT2D eigenvalue weighted by Gasteiger charge is -2.19. The molecule has 0 spiro atoms. The molecule has 0 N–H and O–H groups in total. The normalized spacial score (nSPS) is 12.4. The molecular weight excluding hydrogens is 417 g/mol. The summed E-state index contributed by atoms with van der Waals surface area (Å²) in [6.07, 6.45) is -11.3. The minimum atomic E-state index is -5.23. The summed E-state index contributed by atoms with van der Waals surface area (Å²) >= 11 is 1.46. The summed E-state index contributed by atoms with van der Waals surface area (Å²) in [5.41, 5.74) is -4.40. The first kappa shape index (κ1) is 18.1. The Labute approximate surface area is 129 Å². The molecule has 0 aliphatic heterocycles. The van der Waals surface area contributed by atoms with E-state index in [1.165, 1.54) is 29.5 Å². The summed E-state index contributed by atoms with van der Waals surface area (Å²) in [6, 6.07) is 1.30. The smallest absolute Gasteiger partial charge is 0.417 e. The Bertz CT molecular complexity index is 536. The molecule has 0 aromatic heterocycles. The molecule has 0 atom stereocenters. The van der Waals surface area contributed by atoms with Crippen molar-refractivity contribution < 1.29 is 35.9 Å². The van der Waals surface area contributed by atoms with Gasteiger partial charge >= 0.3 is 18.3 Å². The predicted octanol–water partition coefficient (Wildman–Crippen LogP) is 4.43. The van der Waals surface area contributed by atoms with E-state index in [0.717, 1.165) is 6.07 Å². The molecule has 0 saturated carbocycles. The van der Waals surface area contributed by atoms with Crippen molar-refractivity contribution >= 4 is 28.6 Å². The Morgan fingerprint density at radius 1 is 1.14 bits per heavy atom. The van der Waals surface area contributed by atoms with E-state index in [1.807, 2.05) is 0 Å². The number of carbonyl (C=O) groups is 1. The SMILES string of the molecule is CCOC(=O)Cc1cc(I)cc(C(F)(F)F)c1C(F)(F)F. The second-order valence-electron chi connectivity index (χ2n) is 3.96. The molecule has 9 heteroatoms. The molecular formula is C12H9F6IO2. The van der Waals surface area contributed by atoms with Crippen LogP contribution in [0.4, 0.5) is 26.3 Å². The Hall–Kier alpha value is -1.00. The van der Waals surface area contributed by atoms with Crippen molar-refractivity contribution in [3.63, 3.8) is 0 Å². The van der Waals surface area contributed by atoms with Crippen LogP contribution in [0, 0.1) is 3.57 Å². The van der Waals surface area contributed by atoms with E-state index in [-0.39, 0.29) is 10.2 Å². The Morgan fingerprint density at radius 2 is 1.71 bits per heavy atom. The average Bonchev–Trinajstić information content (AvgIpc) is 2.25. The number of benzene rings is 1. The number of ether oxygens (including phenoxy) is 1. The van der Waals surface area contributed by atoms with Crippen LogP contribution in [0.2, 0.25) is 0 Å². The first-order chi connectivity index (χ1) is 9.46. The van der Waals surface area contributed by atoms with Crippen LogP contribution in [0.15, 0.2) is 12.1 Å². The molecule has 0 fully saturated rings. The lowest BCUT2D eigenvalue weighted by Crippen LogP contribution is -2.21. The molecule has 1 aromatic rings. The van der Waals surface area contributed by atoms with Crippen LogP contribution in [0.1, 0.15) is 23.6 Å². The second kappa shape index (κ2) is 6.41. The summed E-state index contributed by atoms with van der Waals surface area (Å²) in [4.78, 5) is 11.3. The van der Waals surface area contributed by atoms with Crippen LogP contribution in [0.5, 0.6) is 0 Å². The quantitative estimate of drug-likeness (QED) is 0.406. The van der Waals surface area contributed by atoms with Gasteiger partial charge in [0.05, 0.1) is 24.2 Å². The van der Waals surface area contributed by atoms with Gasteiger partial charge in [-0.25, -0.2) is 0 Å². The highest BCUT2D eigenvalue weighted by Gasteiger charge is 2.45. The molecule has 21 heavy (non-hydrogen) atoms. The molecule has 0 aliphatic carbocycles. The van der Waals surface area contributed by atoms with E-state index in [9.17, 15) is 31.1 Å². The zero-order valence-corrected chi connectivity index (χ0v) is 12.7. The van der Waals surface area contributed by atoms with E-state index in [4.69, 9.17) is 0 Å². The summed E-state index contributed by atoms with van der Waals surface area (Å²) in [5.74, 6) is -1.02. The van der Waals surface area contributed by atoms with E-state index < -0.39 is 41.4 Å². The van der Waals surface area contributed by atoms with E-state index in [0.29, 0.717) is 6.07 Å². The number of rotatable bonds is 3. The molecule has 0 saturated heterocycles. The summed E-state index contributed by atoms with van der Waals surface area (Å²) in [5, 5.41) is 0. The molecule has 0 heterocycles. The van der Waals surface area contributed by atoms with Crippen molar-refractivity contribution in [1.82, 2.24) is 0 Å². The van der Waals surface area contributed by atoms with Crippen LogP contribution in [0.3, 0.4) is 0 Å². The number of esters is 1. The lowest BCUT2D eigenvalue weighted by molar-refractivity contribution is -0.162. The first-order valence-corrected chi connectivity index (χ1v) is 6.67. The summed E-state index contributed by atoms with van der Waals surface area (Å²) < 4.78 is 81.7. The molecule has 0 amide bonds. The van der Waals surface area contributed by atoms with Crippen molar-refractivity contribution in [3.8, 4) is 0 Å². The fourth-order valence-electron chi connectivity index (χ4n) is 1.73. The van der Waals surface area contributed by atoms with Gasteiger partial charge in [0, 0.05) is 3.57 Å². The second-order valence-corrected chi connectivity index (χ2v) is 5.21. The van der Waals surface area contributed by atoms with Gasteiger partial charge in [-0.05, 0) is 47.2 Å². The third kappa shape index (κ3) is 4.75. The van der Waals surface area contributed by atoms with Crippen LogP contribution in [-0.2, 0) is 28.3 Å². The van der Waals surface area contributed by atoms with Gasteiger partial charge in [-0.2, -0.15) is 26.3 Å². The standard InChI is InChI=1S/C12H9F6IO2/c1-2-21-9(20)4-6-3-7(19)5-8(11(13,14)15)10(6)12(16,17)18/h3,5H,2,4H2,1H3. The van der Waals surface area contributed by atoms with Gasteiger partial charge in [0.15, 0.2) is 0 Å². The van der Waals surface area contributed by atoms with Crippen molar-refractivity contribution in [1.29, 1.82) is 0 Å². The third-order valence-electron chi connectivity index (χ3n) is 2.41. The maximum atomic E-state index is 13.0. The minimum absolute atomic E-state index is 0.0489. The van der Waals surface area contributed by atoms with E-state index >= 15 is 0 Å². The van der Waals surface area contributed by atoms with Gasteiger partial charge in [0.1, 0.15) is 0 Å². The summed E-state index contributed by atoms with van der Waals surface area (Å²) in [6.45, 7) is 1.37. The third-order valence-corrected chi connectivity index (χ3v) is 3.04. The number of carbonyl (C=O) groups excluding carboxylic acids is 1. The monoisotopic (exact) mass is 426 g/mol. The number of alkyl halides is 6. The van der Waals surface area contributed by atoms with Gasteiger partial charge in [0.2, 0.25) is 0 Å². The van der Waals surface area contributed by atoms with Gasteiger partial charge in [-0.3, -0.25) is 4.79 Å². The fraction of sp³-hybridized carbons (Fsp3) is 0.417. The van der Waals surface area contributed by atoms with Crippen LogP contribution < -0.4 is 0 Å². The number of hydrogen-bond donors (Lipinski definition) is 0. The lowest BCUT2D eigenvalue weighted by atomic mass is 9.98. The molecule has 2 nitrogen and oxygen atoms in total. The zero-order chi connectivity index (χ0) is 16.4. The Kier molecular flexibility index (Phi) is 5.51. The van der Waals surface area contributed by atoms with Gasteiger partial charge in [0.25, 0.3) is 0 Å². The topological polar surface area (TPSA) is 26.3 Å². The maximum absolute atomic E-state index is 13.0. The predicted molar refractivity (Wildman–Crippen MR) is 69.5 cm³/mol. The highest BCUT2D eigenvalue weighted by molar-refractivity contribution is 14.1. The highest BCUT2D eigenvalue weighted by atomic mass is 127. The molecule has 118 valence electrons. The van der Waals surface area contributed by atoms with Crippen LogP contribution in [-0.4, -0.2) is 12.6 Å². The van der Waals surface area contributed by atoms with Crippen LogP contribution in [0.25, 0.3) is 0 Å².